The normalized spacial score (nSPS) is 14.1. The maximum absolute atomic E-state index is 13.2. The van der Waals surface area contributed by atoms with E-state index in [9.17, 15) is 10.1 Å². The van der Waals surface area contributed by atoms with Gasteiger partial charge in [-0.1, -0.05) is 66.7 Å². The summed E-state index contributed by atoms with van der Waals surface area (Å²) >= 11 is 0. The highest BCUT2D eigenvalue weighted by Gasteiger charge is 2.29. The molecule has 1 N–H and O–H groups in total. The summed E-state index contributed by atoms with van der Waals surface area (Å²) in [5, 5.41) is 12.9. The minimum atomic E-state index is -0.231. The molecule has 0 atom stereocenters. The number of hydrogen-bond acceptors (Lipinski definition) is 6. The van der Waals surface area contributed by atoms with Crippen molar-refractivity contribution in [2.45, 2.75) is 26.3 Å². The number of piperazine rings is 1. The van der Waals surface area contributed by atoms with E-state index in [0.29, 0.717) is 32.8 Å². The fourth-order valence-corrected chi connectivity index (χ4v) is 5.02. The van der Waals surface area contributed by atoms with E-state index in [4.69, 9.17) is 9.47 Å². The maximum Gasteiger partial charge on any atom is 0.266 e. The Kier molecular flexibility index (Phi) is 10.6. The molecule has 1 heterocycles. The lowest BCUT2D eigenvalue weighted by Crippen LogP contribution is -2.50. The molecule has 0 bridgehead atoms. The lowest BCUT2D eigenvalue weighted by molar-refractivity contribution is -0.128. The average molecular weight is 539 g/mol. The number of rotatable bonds is 12. The SMILES string of the molecule is CCOc1ccc(CCN/C=C(/C#N)C(=O)N2CCN(C(c3ccccc3)c3ccccc3)CC2)cc1OCC. The number of carbonyl (C=O) groups excluding carboxylic acids is 1. The van der Waals surface area contributed by atoms with E-state index in [2.05, 4.69) is 64.8 Å². The number of carbonyl (C=O) groups is 1. The predicted molar refractivity (Wildman–Crippen MR) is 157 cm³/mol. The van der Waals surface area contributed by atoms with Crippen molar-refractivity contribution < 1.29 is 14.3 Å². The second kappa shape index (κ2) is 14.8. The lowest BCUT2D eigenvalue weighted by atomic mass is 9.96. The lowest BCUT2D eigenvalue weighted by Gasteiger charge is -2.39. The van der Waals surface area contributed by atoms with Gasteiger partial charge in [-0.3, -0.25) is 9.69 Å². The maximum atomic E-state index is 13.2. The Labute approximate surface area is 237 Å². The highest BCUT2D eigenvalue weighted by molar-refractivity contribution is 5.97. The summed E-state index contributed by atoms with van der Waals surface area (Å²) in [4.78, 5) is 17.4. The molecule has 0 radical (unpaired) electrons. The second-order valence-corrected chi connectivity index (χ2v) is 9.57. The molecular formula is C33H38N4O3. The summed E-state index contributed by atoms with van der Waals surface area (Å²) in [7, 11) is 0. The van der Waals surface area contributed by atoms with Crippen molar-refractivity contribution in [1.29, 1.82) is 5.26 Å². The monoisotopic (exact) mass is 538 g/mol. The Balaban J connectivity index is 1.33. The molecule has 0 saturated carbocycles. The predicted octanol–water partition coefficient (Wildman–Crippen LogP) is 4.96. The van der Waals surface area contributed by atoms with Gasteiger partial charge in [-0.15, -0.1) is 0 Å². The molecule has 1 aliphatic rings. The van der Waals surface area contributed by atoms with E-state index < -0.39 is 0 Å². The van der Waals surface area contributed by atoms with Crippen LogP contribution in [0.15, 0.2) is 90.6 Å². The van der Waals surface area contributed by atoms with Gasteiger partial charge in [0.15, 0.2) is 11.5 Å². The molecule has 3 aromatic carbocycles. The van der Waals surface area contributed by atoms with E-state index >= 15 is 0 Å². The van der Waals surface area contributed by atoms with Crippen molar-refractivity contribution in [3.05, 3.63) is 107 Å². The minimum absolute atomic E-state index is 0.123. The third-order valence-corrected chi connectivity index (χ3v) is 6.96. The van der Waals surface area contributed by atoms with Gasteiger partial charge in [0.1, 0.15) is 11.6 Å². The average Bonchev–Trinajstić information content (AvgIpc) is 3.00. The zero-order valence-electron chi connectivity index (χ0n) is 23.4. The van der Waals surface area contributed by atoms with Crippen LogP contribution in [-0.2, 0) is 11.2 Å². The van der Waals surface area contributed by atoms with Crippen LogP contribution >= 0.6 is 0 Å². The number of benzene rings is 3. The Morgan fingerprint density at radius 2 is 1.50 bits per heavy atom. The standard InChI is InChI=1S/C33H38N4O3/c1-3-39-30-16-15-26(23-31(30)40-4-2)17-18-35-25-29(24-34)33(38)37-21-19-36(20-22-37)32(27-11-7-5-8-12-27)28-13-9-6-10-14-28/h5-16,23,25,32,35H,3-4,17-22H2,1-2H3/b29-25-. The van der Waals surface area contributed by atoms with Gasteiger partial charge >= 0.3 is 0 Å². The Hall–Kier alpha value is -4.28. The molecule has 1 aliphatic heterocycles. The van der Waals surface area contributed by atoms with Crippen LogP contribution in [0.1, 0.15) is 36.6 Å². The first-order chi connectivity index (χ1) is 19.6. The van der Waals surface area contributed by atoms with Crippen LogP contribution in [0.5, 0.6) is 11.5 Å². The van der Waals surface area contributed by atoms with Crippen molar-refractivity contribution in [1.82, 2.24) is 15.1 Å². The summed E-state index contributed by atoms with van der Waals surface area (Å²) in [5.74, 6) is 1.23. The molecule has 1 saturated heterocycles. The zero-order valence-corrected chi connectivity index (χ0v) is 23.4. The molecule has 7 nitrogen and oxygen atoms in total. The molecule has 0 aromatic heterocycles. The fraction of sp³-hybridized carbons (Fsp3) is 0.333. The summed E-state index contributed by atoms with van der Waals surface area (Å²) in [5.41, 5.74) is 3.67. The van der Waals surface area contributed by atoms with E-state index in [0.717, 1.165) is 36.6 Å². The summed E-state index contributed by atoms with van der Waals surface area (Å²) in [6.45, 7) is 8.21. The van der Waals surface area contributed by atoms with Crippen molar-refractivity contribution in [2.75, 3.05) is 45.9 Å². The molecule has 1 fully saturated rings. The van der Waals surface area contributed by atoms with Gasteiger partial charge in [0, 0.05) is 38.9 Å². The van der Waals surface area contributed by atoms with Gasteiger partial charge in [-0.2, -0.15) is 5.26 Å². The zero-order chi connectivity index (χ0) is 28.2. The quantitative estimate of drug-likeness (QED) is 0.200. The largest absolute Gasteiger partial charge is 0.490 e. The first-order valence-corrected chi connectivity index (χ1v) is 14.0. The van der Waals surface area contributed by atoms with E-state index in [1.165, 1.54) is 11.1 Å². The van der Waals surface area contributed by atoms with Crippen LogP contribution in [0.25, 0.3) is 0 Å². The second-order valence-electron chi connectivity index (χ2n) is 9.57. The van der Waals surface area contributed by atoms with Gasteiger partial charge in [0.2, 0.25) is 0 Å². The van der Waals surface area contributed by atoms with Gasteiger partial charge in [-0.25, -0.2) is 0 Å². The third kappa shape index (κ3) is 7.43. The number of nitrogens with zero attached hydrogens (tertiary/aromatic N) is 3. The van der Waals surface area contributed by atoms with E-state index in [-0.39, 0.29) is 17.5 Å². The van der Waals surface area contributed by atoms with Crippen LogP contribution in [0, 0.1) is 11.3 Å². The van der Waals surface area contributed by atoms with E-state index in [1.807, 2.05) is 44.2 Å². The molecule has 7 heteroatoms. The molecule has 4 rings (SSSR count). The molecule has 0 spiro atoms. The van der Waals surface area contributed by atoms with Gasteiger partial charge in [-0.05, 0) is 49.1 Å². The number of ether oxygens (including phenoxy) is 2. The van der Waals surface area contributed by atoms with Crippen molar-refractivity contribution in [3.63, 3.8) is 0 Å². The van der Waals surface area contributed by atoms with Crippen LogP contribution in [0.2, 0.25) is 0 Å². The molecule has 3 aromatic rings. The highest BCUT2D eigenvalue weighted by atomic mass is 16.5. The van der Waals surface area contributed by atoms with Gasteiger partial charge < -0.3 is 19.7 Å². The molecule has 0 aliphatic carbocycles. The Bertz CT molecular complexity index is 1260. The van der Waals surface area contributed by atoms with Crippen molar-refractivity contribution >= 4 is 5.91 Å². The Morgan fingerprint density at radius 1 is 0.900 bits per heavy atom. The van der Waals surface area contributed by atoms with E-state index in [1.54, 1.807) is 11.1 Å². The molecule has 40 heavy (non-hydrogen) atoms. The van der Waals surface area contributed by atoms with Gasteiger partial charge in [0.05, 0.1) is 19.3 Å². The number of amides is 1. The number of hydrogen-bond donors (Lipinski definition) is 1. The first kappa shape index (κ1) is 28.7. The summed E-state index contributed by atoms with van der Waals surface area (Å²) in [6, 6.07) is 29.1. The molecular weight excluding hydrogens is 500 g/mol. The Morgan fingerprint density at radius 3 is 2.08 bits per heavy atom. The van der Waals surface area contributed by atoms with Crippen LogP contribution < -0.4 is 14.8 Å². The molecule has 208 valence electrons. The van der Waals surface area contributed by atoms with Crippen LogP contribution in [0.3, 0.4) is 0 Å². The summed E-state index contributed by atoms with van der Waals surface area (Å²) in [6.07, 6.45) is 2.26. The first-order valence-electron chi connectivity index (χ1n) is 14.0. The smallest absolute Gasteiger partial charge is 0.266 e. The topological polar surface area (TPSA) is 77.8 Å². The van der Waals surface area contributed by atoms with Gasteiger partial charge in [0.25, 0.3) is 5.91 Å². The fourth-order valence-electron chi connectivity index (χ4n) is 5.02. The van der Waals surface area contributed by atoms with Crippen molar-refractivity contribution in [2.24, 2.45) is 0 Å². The van der Waals surface area contributed by atoms with Crippen LogP contribution in [0.4, 0.5) is 0 Å². The third-order valence-electron chi connectivity index (χ3n) is 6.96. The number of nitrogens with one attached hydrogen (secondary N) is 1. The molecule has 1 amide bonds. The van der Waals surface area contributed by atoms with Crippen LogP contribution in [-0.4, -0.2) is 61.6 Å². The number of nitriles is 1. The minimum Gasteiger partial charge on any atom is -0.490 e. The molecule has 0 unspecified atom stereocenters. The summed E-state index contributed by atoms with van der Waals surface area (Å²) < 4.78 is 11.3. The van der Waals surface area contributed by atoms with Crippen molar-refractivity contribution in [3.8, 4) is 17.6 Å². The highest BCUT2D eigenvalue weighted by Crippen LogP contribution is 2.30.